The zero-order valence-corrected chi connectivity index (χ0v) is 20.4. The minimum Gasteiger partial charge on any atom is -0.340 e. The molecule has 172 valence electrons. The molecule has 0 bridgehead atoms. The Kier molecular flexibility index (Phi) is 6.38. The van der Waals surface area contributed by atoms with Gasteiger partial charge in [-0.15, -0.1) is 11.3 Å². The van der Waals surface area contributed by atoms with Crippen molar-refractivity contribution in [3.8, 4) is 10.4 Å². The van der Waals surface area contributed by atoms with Gasteiger partial charge in [0.25, 0.3) is 0 Å². The summed E-state index contributed by atoms with van der Waals surface area (Å²) in [7, 11) is 0. The Labute approximate surface area is 205 Å². The molecule has 8 heteroatoms. The molecular formula is C25H21Cl2F3N2S. The molecule has 1 aliphatic heterocycles. The lowest BCUT2D eigenvalue weighted by Crippen LogP contribution is -2.45. The lowest BCUT2D eigenvalue weighted by molar-refractivity contribution is -0.0590. The lowest BCUT2D eigenvalue weighted by Gasteiger charge is -2.45. The maximum absolute atomic E-state index is 13.9. The number of halogens is 5. The maximum Gasteiger partial charge on any atom is 0.433 e. The SMILES string of the molecule is CC(C)(C)N1C(c2ccc(Cl)c(Cl)c2)=CC(C(F)(F)F)=NC1c1cccc(-c2cccs2)c1. The molecule has 2 aromatic carbocycles. The quantitative estimate of drug-likeness (QED) is 0.344. The molecule has 1 unspecified atom stereocenters. The van der Waals surface area contributed by atoms with Crippen LogP contribution in [0.4, 0.5) is 13.2 Å². The normalized spacial score (nSPS) is 17.1. The molecule has 0 aliphatic carbocycles. The van der Waals surface area contributed by atoms with Crippen LogP contribution >= 0.6 is 34.5 Å². The van der Waals surface area contributed by atoms with Crippen molar-refractivity contribution in [2.75, 3.05) is 0 Å². The molecule has 0 N–H and O–H groups in total. The molecule has 0 radical (unpaired) electrons. The van der Waals surface area contributed by atoms with Crippen molar-refractivity contribution in [1.29, 1.82) is 0 Å². The summed E-state index contributed by atoms with van der Waals surface area (Å²) < 4.78 is 41.8. The van der Waals surface area contributed by atoms with Gasteiger partial charge in [0.05, 0.1) is 10.0 Å². The van der Waals surface area contributed by atoms with E-state index in [9.17, 15) is 13.2 Å². The third-order valence-electron chi connectivity index (χ3n) is 5.26. The highest BCUT2D eigenvalue weighted by Crippen LogP contribution is 2.43. The number of alkyl halides is 3. The molecule has 0 amide bonds. The number of hydrogen-bond acceptors (Lipinski definition) is 3. The second-order valence-corrected chi connectivity index (χ2v) is 10.4. The van der Waals surface area contributed by atoms with E-state index in [1.807, 2.05) is 67.4 Å². The summed E-state index contributed by atoms with van der Waals surface area (Å²) >= 11 is 13.9. The largest absolute Gasteiger partial charge is 0.433 e. The fourth-order valence-corrected chi connectivity index (χ4v) is 4.86. The standard InChI is InChI=1S/C25H21Cl2F3N2S/c1-24(2,3)32-20(15-9-10-18(26)19(27)13-15)14-22(25(28,29)30)31-23(32)17-7-4-6-16(12-17)21-8-5-11-33-21/h4-14,23H,1-3H3. The molecule has 0 saturated heterocycles. The Balaban J connectivity index is 1.92. The second kappa shape index (κ2) is 8.82. The highest BCUT2D eigenvalue weighted by molar-refractivity contribution is 7.13. The van der Waals surface area contributed by atoms with Crippen molar-refractivity contribution in [2.45, 2.75) is 38.7 Å². The van der Waals surface area contributed by atoms with Crippen LogP contribution in [0.15, 0.2) is 71.0 Å². The predicted molar refractivity (Wildman–Crippen MR) is 132 cm³/mol. The van der Waals surface area contributed by atoms with E-state index >= 15 is 0 Å². The summed E-state index contributed by atoms with van der Waals surface area (Å²) in [6, 6.07) is 16.3. The summed E-state index contributed by atoms with van der Waals surface area (Å²) in [5, 5.41) is 2.58. The first kappa shape index (κ1) is 23.9. The van der Waals surface area contributed by atoms with Crippen LogP contribution in [-0.2, 0) is 0 Å². The first-order valence-corrected chi connectivity index (χ1v) is 11.8. The topological polar surface area (TPSA) is 15.6 Å². The summed E-state index contributed by atoms with van der Waals surface area (Å²) in [6.07, 6.45) is -4.39. The average Bonchev–Trinajstić information content (AvgIpc) is 3.28. The maximum atomic E-state index is 13.9. The zero-order chi connectivity index (χ0) is 24.0. The van der Waals surface area contributed by atoms with Crippen LogP contribution < -0.4 is 0 Å². The van der Waals surface area contributed by atoms with Gasteiger partial charge >= 0.3 is 6.18 Å². The van der Waals surface area contributed by atoms with E-state index in [2.05, 4.69) is 4.99 Å². The minimum atomic E-state index is -4.60. The van der Waals surface area contributed by atoms with Crippen LogP contribution in [0.25, 0.3) is 16.1 Å². The fourth-order valence-electron chi connectivity index (χ4n) is 3.84. The van der Waals surface area contributed by atoms with Gasteiger partial charge in [-0.1, -0.05) is 53.5 Å². The molecule has 4 rings (SSSR count). The third kappa shape index (κ3) is 4.98. The average molecular weight is 509 g/mol. The zero-order valence-electron chi connectivity index (χ0n) is 18.1. The molecular weight excluding hydrogens is 488 g/mol. The van der Waals surface area contributed by atoms with Crippen molar-refractivity contribution in [3.63, 3.8) is 0 Å². The van der Waals surface area contributed by atoms with Crippen LogP contribution in [0, 0.1) is 0 Å². The van der Waals surface area contributed by atoms with E-state index in [-0.39, 0.29) is 5.02 Å². The number of benzene rings is 2. The van der Waals surface area contributed by atoms with Gasteiger partial charge in [0.15, 0.2) is 0 Å². The van der Waals surface area contributed by atoms with Gasteiger partial charge in [-0.3, -0.25) is 4.99 Å². The van der Waals surface area contributed by atoms with Gasteiger partial charge in [-0.05, 0) is 73.2 Å². The smallest absolute Gasteiger partial charge is 0.340 e. The van der Waals surface area contributed by atoms with E-state index < -0.39 is 23.6 Å². The Hall–Kier alpha value is -2.28. The van der Waals surface area contributed by atoms with Gasteiger partial charge in [-0.25, -0.2) is 0 Å². The molecule has 1 atom stereocenters. The first-order valence-electron chi connectivity index (χ1n) is 10.2. The number of hydrogen-bond donors (Lipinski definition) is 0. The molecule has 1 aliphatic rings. The Bertz CT molecular complexity index is 1230. The molecule has 2 nitrogen and oxygen atoms in total. The Morgan fingerprint density at radius 2 is 1.67 bits per heavy atom. The van der Waals surface area contributed by atoms with Gasteiger partial charge in [0.2, 0.25) is 0 Å². The van der Waals surface area contributed by atoms with Crippen molar-refractivity contribution >= 4 is 45.9 Å². The highest BCUT2D eigenvalue weighted by atomic mass is 35.5. The molecule has 0 spiro atoms. The monoisotopic (exact) mass is 508 g/mol. The van der Waals surface area contributed by atoms with Crippen molar-refractivity contribution in [3.05, 3.63) is 87.2 Å². The minimum absolute atomic E-state index is 0.274. The van der Waals surface area contributed by atoms with Crippen LogP contribution in [0.1, 0.15) is 38.1 Å². The summed E-state index contributed by atoms with van der Waals surface area (Å²) in [5.74, 6) is 0. The number of thiophene rings is 1. The lowest BCUT2D eigenvalue weighted by atomic mass is 9.95. The molecule has 0 saturated carbocycles. The predicted octanol–water partition coefficient (Wildman–Crippen LogP) is 8.88. The van der Waals surface area contributed by atoms with Crippen LogP contribution in [0.2, 0.25) is 10.0 Å². The third-order valence-corrected chi connectivity index (χ3v) is 6.92. The number of aliphatic imine (C=N–C) groups is 1. The molecule has 3 aromatic rings. The molecule has 0 fully saturated rings. The van der Waals surface area contributed by atoms with Crippen LogP contribution in [0.3, 0.4) is 0 Å². The first-order chi connectivity index (χ1) is 15.4. The highest BCUT2D eigenvalue weighted by Gasteiger charge is 2.42. The van der Waals surface area contributed by atoms with Gasteiger partial charge < -0.3 is 4.90 Å². The van der Waals surface area contributed by atoms with E-state index in [4.69, 9.17) is 23.2 Å². The fraction of sp³-hybridized carbons (Fsp3) is 0.240. The van der Waals surface area contributed by atoms with Crippen molar-refractivity contribution in [1.82, 2.24) is 4.90 Å². The number of rotatable bonds is 3. The Morgan fingerprint density at radius 1 is 0.909 bits per heavy atom. The summed E-state index contributed by atoms with van der Waals surface area (Å²) in [4.78, 5) is 7.13. The molecule has 2 heterocycles. The Morgan fingerprint density at radius 3 is 2.27 bits per heavy atom. The number of allylic oxidation sites excluding steroid dienone is 1. The summed E-state index contributed by atoms with van der Waals surface area (Å²) in [6.45, 7) is 5.84. The molecule has 1 aromatic heterocycles. The van der Waals surface area contributed by atoms with Crippen molar-refractivity contribution < 1.29 is 13.2 Å². The number of nitrogens with zero attached hydrogens (tertiary/aromatic N) is 2. The van der Waals surface area contributed by atoms with E-state index in [0.29, 0.717) is 21.8 Å². The van der Waals surface area contributed by atoms with E-state index in [1.54, 1.807) is 29.5 Å². The van der Waals surface area contributed by atoms with Gasteiger partial charge in [-0.2, -0.15) is 13.2 Å². The van der Waals surface area contributed by atoms with Crippen molar-refractivity contribution in [2.24, 2.45) is 4.99 Å². The van der Waals surface area contributed by atoms with Crippen LogP contribution in [-0.4, -0.2) is 22.3 Å². The van der Waals surface area contributed by atoms with E-state index in [1.165, 1.54) is 0 Å². The van der Waals surface area contributed by atoms with Gasteiger partial charge in [0, 0.05) is 16.1 Å². The van der Waals surface area contributed by atoms with E-state index in [0.717, 1.165) is 16.5 Å². The molecule has 33 heavy (non-hydrogen) atoms. The van der Waals surface area contributed by atoms with Crippen LogP contribution in [0.5, 0.6) is 0 Å². The summed E-state index contributed by atoms with van der Waals surface area (Å²) in [5.41, 5.74) is 1.04. The second-order valence-electron chi connectivity index (χ2n) is 8.69. The van der Waals surface area contributed by atoms with Gasteiger partial charge in [0.1, 0.15) is 11.9 Å².